The molecule has 26 heavy (non-hydrogen) atoms. The molecule has 1 aromatic heterocycles. The van der Waals surface area contributed by atoms with E-state index in [-0.39, 0.29) is 5.63 Å². The van der Waals surface area contributed by atoms with Crippen molar-refractivity contribution >= 4 is 21.7 Å². The Hall–Kier alpha value is -3.11. The summed E-state index contributed by atoms with van der Waals surface area (Å²) in [5.41, 5.74) is 2.44. The summed E-state index contributed by atoms with van der Waals surface area (Å²) in [5, 5.41) is 5.43. The predicted octanol–water partition coefficient (Wildman–Crippen LogP) is 3.22. The SMILES string of the molecule is COc1ccccc1C[NH2+]Cc1cc(=O)oc2ccc3ccccc3c12. The standard InChI is InChI=1S/C22H19NO3/c1-25-19-9-5-3-7-16(19)13-23-14-17-12-21(24)26-20-11-10-15-6-2-4-8-18(15)22(17)20/h2-12,23H,13-14H2,1H3/p+1. The highest BCUT2D eigenvalue weighted by Gasteiger charge is 2.11. The number of quaternary nitrogens is 1. The Kier molecular flexibility index (Phi) is 4.42. The number of fused-ring (bicyclic) bond motifs is 3. The number of rotatable bonds is 5. The number of ether oxygens (including phenoxy) is 1. The molecule has 3 aromatic carbocycles. The van der Waals surface area contributed by atoms with Crippen LogP contribution in [0.1, 0.15) is 11.1 Å². The van der Waals surface area contributed by atoms with Crippen LogP contribution in [0.3, 0.4) is 0 Å². The van der Waals surface area contributed by atoms with E-state index >= 15 is 0 Å². The van der Waals surface area contributed by atoms with Crippen molar-refractivity contribution in [2.24, 2.45) is 0 Å². The molecule has 0 saturated carbocycles. The lowest BCUT2D eigenvalue weighted by Crippen LogP contribution is -2.80. The Morgan fingerprint density at radius 1 is 0.923 bits per heavy atom. The van der Waals surface area contributed by atoms with E-state index in [2.05, 4.69) is 23.5 Å². The van der Waals surface area contributed by atoms with Crippen LogP contribution in [0.4, 0.5) is 0 Å². The second-order valence-corrected chi connectivity index (χ2v) is 6.26. The first-order chi connectivity index (χ1) is 12.8. The third-order valence-electron chi connectivity index (χ3n) is 4.64. The smallest absolute Gasteiger partial charge is 0.336 e. The Labute approximate surface area is 151 Å². The maximum Gasteiger partial charge on any atom is 0.336 e. The van der Waals surface area contributed by atoms with Crippen LogP contribution >= 0.6 is 0 Å². The topological polar surface area (TPSA) is 56.0 Å². The fraction of sp³-hybridized carbons (Fsp3) is 0.136. The minimum absolute atomic E-state index is 0.312. The van der Waals surface area contributed by atoms with E-state index in [4.69, 9.17) is 9.15 Å². The summed E-state index contributed by atoms with van der Waals surface area (Å²) in [6.45, 7) is 1.46. The molecule has 4 heteroatoms. The highest BCUT2D eigenvalue weighted by Crippen LogP contribution is 2.27. The Balaban J connectivity index is 1.69. The summed E-state index contributed by atoms with van der Waals surface area (Å²) >= 11 is 0. The molecule has 0 spiro atoms. The molecule has 0 amide bonds. The quantitative estimate of drug-likeness (QED) is 0.446. The maximum absolute atomic E-state index is 12.0. The summed E-state index contributed by atoms with van der Waals surface area (Å²) < 4.78 is 10.8. The summed E-state index contributed by atoms with van der Waals surface area (Å²) in [6.07, 6.45) is 0. The van der Waals surface area contributed by atoms with Gasteiger partial charge < -0.3 is 14.5 Å². The molecule has 0 aliphatic carbocycles. The molecule has 4 aromatic rings. The molecule has 0 aliphatic heterocycles. The minimum Gasteiger partial charge on any atom is -0.496 e. The van der Waals surface area contributed by atoms with Crippen molar-refractivity contribution < 1.29 is 14.5 Å². The van der Waals surface area contributed by atoms with Crippen LogP contribution in [0.2, 0.25) is 0 Å². The predicted molar refractivity (Wildman–Crippen MR) is 102 cm³/mol. The average Bonchev–Trinajstić information content (AvgIpc) is 2.67. The molecular formula is C22H20NO3+. The Morgan fingerprint density at radius 3 is 2.58 bits per heavy atom. The van der Waals surface area contributed by atoms with Gasteiger partial charge in [-0.25, -0.2) is 4.79 Å². The second-order valence-electron chi connectivity index (χ2n) is 6.26. The highest BCUT2D eigenvalue weighted by molar-refractivity contribution is 6.06. The molecule has 0 aliphatic rings. The number of benzene rings is 3. The first kappa shape index (κ1) is 16.4. The van der Waals surface area contributed by atoms with Crippen LogP contribution in [-0.2, 0) is 13.1 Å². The number of hydrogen-bond acceptors (Lipinski definition) is 3. The van der Waals surface area contributed by atoms with Crippen molar-refractivity contribution in [1.82, 2.24) is 0 Å². The summed E-state index contributed by atoms with van der Waals surface area (Å²) in [4.78, 5) is 12.0. The Morgan fingerprint density at radius 2 is 1.69 bits per heavy atom. The van der Waals surface area contributed by atoms with Gasteiger partial charge in [-0.05, 0) is 29.0 Å². The lowest BCUT2D eigenvalue weighted by Gasteiger charge is -2.10. The van der Waals surface area contributed by atoms with Gasteiger partial charge in [-0.1, -0.05) is 42.5 Å². The molecule has 0 bridgehead atoms. The molecular weight excluding hydrogens is 326 g/mol. The lowest BCUT2D eigenvalue weighted by molar-refractivity contribution is -0.686. The first-order valence-corrected chi connectivity index (χ1v) is 8.64. The average molecular weight is 346 g/mol. The maximum atomic E-state index is 12.0. The molecule has 0 atom stereocenters. The van der Waals surface area contributed by atoms with Crippen LogP contribution in [0.5, 0.6) is 5.75 Å². The van der Waals surface area contributed by atoms with Gasteiger partial charge in [0.25, 0.3) is 0 Å². The van der Waals surface area contributed by atoms with Gasteiger partial charge in [0.15, 0.2) is 0 Å². The molecule has 0 saturated heterocycles. The lowest BCUT2D eigenvalue weighted by atomic mass is 10.0. The molecule has 0 fully saturated rings. The zero-order valence-electron chi connectivity index (χ0n) is 14.6. The molecule has 0 unspecified atom stereocenters. The van der Waals surface area contributed by atoms with E-state index in [1.807, 2.05) is 42.5 Å². The van der Waals surface area contributed by atoms with E-state index < -0.39 is 0 Å². The number of para-hydroxylation sites is 1. The van der Waals surface area contributed by atoms with Gasteiger partial charge in [0, 0.05) is 22.6 Å². The molecule has 2 N–H and O–H groups in total. The third-order valence-corrected chi connectivity index (χ3v) is 4.64. The van der Waals surface area contributed by atoms with Crippen LogP contribution in [0, 0.1) is 0 Å². The van der Waals surface area contributed by atoms with E-state index in [1.54, 1.807) is 13.2 Å². The zero-order valence-corrected chi connectivity index (χ0v) is 14.6. The van der Waals surface area contributed by atoms with Gasteiger partial charge >= 0.3 is 5.63 Å². The largest absolute Gasteiger partial charge is 0.496 e. The zero-order chi connectivity index (χ0) is 17.9. The van der Waals surface area contributed by atoms with Gasteiger partial charge in [0.1, 0.15) is 24.4 Å². The monoisotopic (exact) mass is 346 g/mol. The fourth-order valence-electron chi connectivity index (χ4n) is 3.44. The van der Waals surface area contributed by atoms with Crippen molar-refractivity contribution in [2.45, 2.75) is 13.1 Å². The number of hydrogen-bond donors (Lipinski definition) is 1. The third kappa shape index (κ3) is 3.07. The molecule has 4 nitrogen and oxygen atoms in total. The summed E-state index contributed by atoms with van der Waals surface area (Å²) in [7, 11) is 1.68. The van der Waals surface area contributed by atoms with E-state index in [0.717, 1.165) is 39.6 Å². The number of methoxy groups -OCH3 is 1. The van der Waals surface area contributed by atoms with E-state index in [9.17, 15) is 4.79 Å². The number of nitrogens with two attached hydrogens (primary N) is 1. The van der Waals surface area contributed by atoms with Crippen LogP contribution in [0.25, 0.3) is 21.7 Å². The summed E-state index contributed by atoms with van der Waals surface area (Å²) in [5.74, 6) is 0.881. The molecule has 4 rings (SSSR count). The van der Waals surface area contributed by atoms with Gasteiger partial charge in [-0.3, -0.25) is 0 Å². The Bertz CT molecular complexity index is 1130. The van der Waals surface area contributed by atoms with Gasteiger partial charge in [-0.2, -0.15) is 0 Å². The van der Waals surface area contributed by atoms with Gasteiger partial charge in [0.2, 0.25) is 0 Å². The summed E-state index contributed by atoms with van der Waals surface area (Å²) in [6, 6.07) is 21.6. The first-order valence-electron chi connectivity index (χ1n) is 8.64. The van der Waals surface area contributed by atoms with Crippen molar-refractivity contribution in [3.63, 3.8) is 0 Å². The van der Waals surface area contributed by atoms with Crippen molar-refractivity contribution in [1.29, 1.82) is 0 Å². The van der Waals surface area contributed by atoms with E-state index in [0.29, 0.717) is 12.1 Å². The van der Waals surface area contributed by atoms with Crippen LogP contribution in [0.15, 0.2) is 75.9 Å². The van der Waals surface area contributed by atoms with Crippen molar-refractivity contribution in [2.75, 3.05) is 7.11 Å². The van der Waals surface area contributed by atoms with Crippen molar-refractivity contribution in [3.05, 3.63) is 88.3 Å². The van der Waals surface area contributed by atoms with Crippen LogP contribution < -0.4 is 15.7 Å². The van der Waals surface area contributed by atoms with Gasteiger partial charge in [-0.15, -0.1) is 0 Å². The van der Waals surface area contributed by atoms with Crippen molar-refractivity contribution in [3.8, 4) is 5.75 Å². The van der Waals surface area contributed by atoms with E-state index in [1.165, 1.54) is 0 Å². The van der Waals surface area contributed by atoms with Gasteiger partial charge in [0.05, 0.1) is 7.11 Å². The fourth-order valence-corrected chi connectivity index (χ4v) is 3.44. The molecule has 1 heterocycles. The van der Waals surface area contributed by atoms with Crippen LogP contribution in [-0.4, -0.2) is 7.11 Å². The second kappa shape index (κ2) is 7.02. The highest BCUT2D eigenvalue weighted by atomic mass is 16.5. The molecule has 130 valence electrons. The minimum atomic E-state index is -0.312. The normalized spacial score (nSPS) is 11.1. The molecule has 0 radical (unpaired) electrons.